The number of hydrogen-bond donors (Lipinski definition) is 2. The lowest BCUT2D eigenvalue weighted by atomic mass is 10.1. The number of nitrogens with two attached hydrogens (primary N) is 1. The Morgan fingerprint density at radius 3 is 2.79 bits per heavy atom. The van der Waals surface area contributed by atoms with Crippen molar-refractivity contribution in [3.05, 3.63) is 42.5 Å². The average molecular weight is 262 g/mol. The van der Waals surface area contributed by atoms with E-state index >= 15 is 0 Å². The van der Waals surface area contributed by atoms with Crippen LogP contribution >= 0.6 is 0 Å². The highest BCUT2D eigenvalue weighted by atomic mass is 16.5. The van der Waals surface area contributed by atoms with E-state index in [0.717, 1.165) is 0 Å². The van der Waals surface area contributed by atoms with Crippen molar-refractivity contribution < 1.29 is 14.3 Å². The van der Waals surface area contributed by atoms with Crippen LogP contribution in [-0.4, -0.2) is 24.5 Å². The summed E-state index contributed by atoms with van der Waals surface area (Å²) in [5.41, 5.74) is 6.36. The smallest absolute Gasteiger partial charge is 0.340 e. The van der Waals surface area contributed by atoms with Gasteiger partial charge < -0.3 is 15.8 Å². The molecule has 19 heavy (non-hydrogen) atoms. The molecule has 0 fully saturated rings. The predicted octanol–water partition coefficient (Wildman–Crippen LogP) is 1.71. The zero-order valence-corrected chi connectivity index (χ0v) is 10.9. The van der Waals surface area contributed by atoms with E-state index in [0.29, 0.717) is 17.7 Å². The molecule has 1 unspecified atom stereocenters. The van der Waals surface area contributed by atoms with Crippen LogP contribution in [0.4, 0.5) is 5.69 Å². The van der Waals surface area contributed by atoms with Gasteiger partial charge in [0.25, 0.3) is 0 Å². The Balaban J connectivity index is 2.86. The van der Waals surface area contributed by atoms with Crippen LogP contribution in [0.25, 0.3) is 0 Å². The minimum absolute atomic E-state index is 0.275. The van der Waals surface area contributed by atoms with Gasteiger partial charge in [0.05, 0.1) is 23.9 Å². The van der Waals surface area contributed by atoms with E-state index in [1.54, 1.807) is 37.3 Å². The van der Waals surface area contributed by atoms with Crippen molar-refractivity contribution in [2.75, 3.05) is 11.9 Å². The molecule has 1 aromatic rings. The van der Waals surface area contributed by atoms with E-state index in [-0.39, 0.29) is 12.5 Å². The SMILES string of the molecule is C=CCC(N)C(=O)Nc1ccccc1C(=O)OCC. The van der Waals surface area contributed by atoms with Crippen LogP contribution in [0.5, 0.6) is 0 Å². The third-order valence-corrected chi connectivity index (χ3v) is 2.44. The number of carbonyl (C=O) groups is 2. The fourth-order valence-electron chi connectivity index (χ4n) is 1.49. The first-order valence-electron chi connectivity index (χ1n) is 6.03. The van der Waals surface area contributed by atoms with E-state index in [2.05, 4.69) is 11.9 Å². The molecule has 0 bridgehead atoms. The van der Waals surface area contributed by atoms with E-state index in [9.17, 15) is 9.59 Å². The summed E-state index contributed by atoms with van der Waals surface area (Å²) in [7, 11) is 0. The quantitative estimate of drug-likeness (QED) is 0.604. The second-order valence-electron chi connectivity index (χ2n) is 3.89. The second-order valence-corrected chi connectivity index (χ2v) is 3.89. The lowest BCUT2D eigenvalue weighted by molar-refractivity contribution is -0.117. The Kier molecular flexibility index (Phi) is 5.75. The summed E-state index contributed by atoms with van der Waals surface area (Å²) in [6.07, 6.45) is 1.94. The van der Waals surface area contributed by atoms with Gasteiger partial charge in [-0.2, -0.15) is 0 Å². The molecule has 1 amide bonds. The minimum atomic E-state index is -0.687. The summed E-state index contributed by atoms with van der Waals surface area (Å²) in [4.78, 5) is 23.5. The van der Waals surface area contributed by atoms with Crippen LogP contribution in [0.3, 0.4) is 0 Å². The van der Waals surface area contributed by atoms with Crippen LogP contribution in [0, 0.1) is 0 Å². The van der Waals surface area contributed by atoms with Gasteiger partial charge in [0.2, 0.25) is 5.91 Å². The number of esters is 1. The summed E-state index contributed by atoms with van der Waals surface area (Å²) in [6.45, 7) is 5.52. The Bertz CT molecular complexity index is 472. The number of nitrogens with one attached hydrogen (secondary N) is 1. The van der Waals surface area contributed by atoms with Gasteiger partial charge in [-0.15, -0.1) is 6.58 Å². The van der Waals surface area contributed by atoms with Gasteiger partial charge in [0.15, 0.2) is 0 Å². The molecule has 0 saturated carbocycles. The highest BCUT2D eigenvalue weighted by molar-refractivity contribution is 6.02. The van der Waals surface area contributed by atoms with Crippen molar-refractivity contribution in [3.8, 4) is 0 Å². The molecule has 1 aromatic carbocycles. The Morgan fingerprint density at radius 1 is 1.47 bits per heavy atom. The summed E-state index contributed by atoms with van der Waals surface area (Å²) in [5.74, 6) is -0.840. The van der Waals surface area contributed by atoms with Gasteiger partial charge in [-0.1, -0.05) is 18.2 Å². The molecule has 102 valence electrons. The minimum Gasteiger partial charge on any atom is -0.462 e. The molecule has 0 aliphatic heterocycles. The standard InChI is InChI=1S/C14H18N2O3/c1-3-7-11(15)13(17)16-12-9-6-5-8-10(12)14(18)19-4-2/h3,5-6,8-9,11H,1,4,7,15H2,2H3,(H,16,17). The first-order valence-corrected chi connectivity index (χ1v) is 6.03. The number of rotatable bonds is 6. The Morgan fingerprint density at radius 2 is 2.16 bits per heavy atom. The number of para-hydroxylation sites is 1. The molecular formula is C14H18N2O3. The maximum atomic E-state index is 11.8. The van der Waals surface area contributed by atoms with Gasteiger partial charge >= 0.3 is 5.97 Å². The fraction of sp³-hybridized carbons (Fsp3) is 0.286. The summed E-state index contributed by atoms with van der Waals surface area (Å²) >= 11 is 0. The van der Waals surface area contributed by atoms with Gasteiger partial charge in [-0.3, -0.25) is 4.79 Å². The van der Waals surface area contributed by atoms with Crippen molar-refractivity contribution in [3.63, 3.8) is 0 Å². The fourth-order valence-corrected chi connectivity index (χ4v) is 1.49. The highest BCUT2D eigenvalue weighted by Crippen LogP contribution is 2.16. The van der Waals surface area contributed by atoms with Crippen LogP contribution in [0.15, 0.2) is 36.9 Å². The topological polar surface area (TPSA) is 81.4 Å². The molecule has 1 atom stereocenters. The molecule has 5 nitrogen and oxygen atoms in total. The molecule has 0 aliphatic carbocycles. The first-order chi connectivity index (χ1) is 9.10. The number of hydrogen-bond acceptors (Lipinski definition) is 4. The molecular weight excluding hydrogens is 244 g/mol. The molecule has 5 heteroatoms. The zero-order valence-electron chi connectivity index (χ0n) is 10.9. The maximum absolute atomic E-state index is 11.8. The molecule has 0 saturated heterocycles. The Labute approximate surface area is 112 Å². The van der Waals surface area contributed by atoms with Gasteiger partial charge in [-0.05, 0) is 25.5 Å². The first kappa shape index (κ1) is 14.9. The van der Waals surface area contributed by atoms with Crippen LogP contribution in [0.2, 0.25) is 0 Å². The molecule has 0 aromatic heterocycles. The van der Waals surface area contributed by atoms with E-state index in [4.69, 9.17) is 10.5 Å². The predicted molar refractivity (Wildman–Crippen MR) is 73.8 cm³/mol. The van der Waals surface area contributed by atoms with Crippen LogP contribution in [0.1, 0.15) is 23.7 Å². The number of ether oxygens (including phenoxy) is 1. The van der Waals surface area contributed by atoms with Gasteiger partial charge in [-0.25, -0.2) is 4.79 Å². The third kappa shape index (κ3) is 4.22. The molecule has 3 N–H and O–H groups in total. The van der Waals surface area contributed by atoms with Crippen molar-refractivity contribution in [1.29, 1.82) is 0 Å². The van der Waals surface area contributed by atoms with Crippen molar-refractivity contribution >= 4 is 17.6 Å². The summed E-state index contributed by atoms with van der Waals surface area (Å²) in [6, 6.07) is 5.95. The van der Waals surface area contributed by atoms with Crippen molar-refractivity contribution in [1.82, 2.24) is 0 Å². The number of anilines is 1. The van der Waals surface area contributed by atoms with Crippen LogP contribution < -0.4 is 11.1 Å². The largest absolute Gasteiger partial charge is 0.462 e. The third-order valence-electron chi connectivity index (χ3n) is 2.44. The molecule has 0 spiro atoms. The van der Waals surface area contributed by atoms with Crippen molar-refractivity contribution in [2.24, 2.45) is 5.73 Å². The second kappa shape index (κ2) is 7.33. The van der Waals surface area contributed by atoms with Gasteiger partial charge in [0, 0.05) is 0 Å². The van der Waals surface area contributed by atoms with E-state index < -0.39 is 12.0 Å². The number of carbonyl (C=O) groups excluding carboxylic acids is 2. The van der Waals surface area contributed by atoms with Gasteiger partial charge in [0.1, 0.15) is 0 Å². The lowest BCUT2D eigenvalue weighted by Crippen LogP contribution is -2.35. The maximum Gasteiger partial charge on any atom is 0.340 e. The lowest BCUT2D eigenvalue weighted by Gasteiger charge is -2.13. The van der Waals surface area contributed by atoms with Crippen molar-refractivity contribution in [2.45, 2.75) is 19.4 Å². The van der Waals surface area contributed by atoms with Crippen LogP contribution in [-0.2, 0) is 9.53 Å². The van der Waals surface area contributed by atoms with E-state index in [1.807, 2.05) is 0 Å². The molecule has 0 aliphatic rings. The Hall–Kier alpha value is -2.14. The zero-order chi connectivity index (χ0) is 14.3. The number of amides is 1. The molecule has 0 radical (unpaired) electrons. The molecule has 0 heterocycles. The highest BCUT2D eigenvalue weighted by Gasteiger charge is 2.16. The average Bonchev–Trinajstić information content (AvgIpc) is 2.39. The van der Waals surface area contributed by atoms with E-state index in [1.165, 1.54) is 0 Å². The monoisotopic (exact) mass is 262 g/mol. The normalized spacial score (nSPS) is 11.5. The number of benzene rings is 1. The molecule has 1 rings (SSSR count). The summed E-state index contributed by atoms with van der Waals surface area (Å²) in [5, 5.41) is 2.62. The summed E-state index contributed by atoms with van der Waals surface area (Å²) < 4.78 is 4.92.